The van der Waals surface area contributed by atoms with Crippen LogP contribution in [0.1, 0.15) is 26.2 Å². The Balaban J connectivity index is 2.99. The summed E-state index contributed by atoms with van der Waals surface area (Å²) in [5, 5.41) is 0. The van der Waals surface area contributed by atoms with E-state index in [1.54, 1.807) is 6.92 Å². The van der Waals surface area contributed by atoms with Crippen LogP contribution in [-0.4, -0.2) is 24.1 Å². The van der Waals surface area contributed by atoms with Crippen molar-refractivity contribution in [1.82, 2.24) is 0 Å². The standard InChI is InChI=1S/C8H13BrO3S/c1-3-8(9,13(2,11)12)7(10)6-4-5-6/h6H,3-5H2,1-2H3/t8-/m1/s1. The van der Waals surface area contributed by atoms with Crippen molar-refractivity contribution >= 4 is 31.6 Å². The highest BCUT2D eigenvalue weighted by Gasteiger charge is 2.49. The molecule has 0 aromatic heterocycles. The SMILES string of the molecule is CC[C@](Br)(C(=O)C1CC1)S(C)(=O)=O. The van der Waals surface area contributed by atoms with E-state index in [4.69, 9.17) is 0 Å². The van der Waals surface area contributed by atoms with E-state index in [1.807, 2.05) is 0 Å². The fourth-order valence-electron chi connectivity index (χ4n) is 1.27. The summed E-state index contributed by atoms with van der Waals surface area (Å²) in [4.78, 5) is 11.7. The normalized spacial score (nSPS) is 22.4. The third-order valence-electron chi connectivity index (χ3n) is 2.36. The molecule has 0 spiro atoms. The summed E-state index contributed by atoms with van der Waals surface area (Å²) in [7, 11) is -3.35. The molecular weight excluding hydrogens is 256 g/mol. The van der Waals surface area contributed by atoms with Crippen LogP contribution in [0.3, 0.4) is 0 Å². The van der Waals surface area contributed by atoms with Crippen LogP contribution >= 0.6 is 15.9 Å². The van der Waals surface area contributed by atoms with Gasteiger partial charge in [-0.1, -0.05) is 22.9 Å². The topological polar surface area (TPSA) is 51.2 Å². The molecule has 1 saturated carbocycles. The summed E-state index contributed by atoms with van der Waals surface area (Å²) in [6, 6.07) is 0. The lowest BCUT2D eigenvalue weighted by Crippen LogP contribution is -2.40. The predicted octanol–water partition coefficient (Wildman–Crippen LogP) is 1.51. The molecule has 0 radical (unpaired) electrons. The number of ketones is 1. The second-order valence-corrected chi connectivity index (χ2v) is 7.61. The molecule has 13 heavy (non-hydrogen) atoms. The Labute approximate surface area is 86.9 Å². The quantitative estimate of drug-likeness (QED) is 0.727. The molecule has 76 valence electrons. The number of hydrogen-bond donors (Lipinski definition) is 0. The number of carbonyl (C=O) groups excluding carboxylic acids is 1. The minimum absolute atomic E-state index is 0.0333. The molecule has 1 aliphatic carbocycles. The number of alkyl halides is 1. The second-order valence-electron chi connectivity index (χ2n) is 3.49. The van der Waals surface area contributed by atoms with Crippen molar-refractivity contribution in [3.05, 3.63) is 0 Å². The maximum atomic E-state index is 11.7. The molecule has 1 aliphatic rings. The number of hydrogen-bond acceptors (Lipinski definition) is 3. The fraction of sp³-hybridized carbons (Fsp3) is 0.875. The molecule has 0 amide bonds. The molecule has 0 saturated heterocycles. The minimum Gasteiger partial charge on any atom is -0.297 e. The predicted molar refractivity (Wildman–Crippen MR) is 54.5 cm³/mol. The van der Waals surface area contributed by atoms with Crippen molar-refractivity contribution in [2.45, 2.75) is 29.8 Å². The molecule has 1 rings (SSSR count). The Kier molecular flexibility index (Phi) is 2.88. The lowest BCUT2D eigenvalue weighted by Gasteiger charge is -2.22. The van der Waals surface area contributed by atoms with E-state index in [0.29, 0.717) is 6.42 Å². The van der Waals surface area contributed by atoms with Crippen LogP contribution in [-0.2, 0) is 14.6 Å². The highest BCUT2D eigenvalue weighted by molar-refractivity contribution is 9.12. The van der Waals surface area contributed by atoms with Gasteiger partial charge in [0.25, 0.3) is 0 Å². The number of Topliss-reactive ketones (excluding diaryl/α,β-unsaturated/α-hetero) is 1. The first-order chi connectivity index (χ1) is 5.83. The summed E-state index contributed by atoms with van der Waals surface area (Å²) >= 11 is 3.07. The molecule has 0 bridgehead atoms. The maximum absolute atomic E-state index is 11.7. The second kappa shape index (κ2) is 3.35. The number of rotatable bonds is 4. The zero-order chi connectivity index (χ0) is 10.3. The van der Waals surface area contributed by atoms with E-state index in [1.165, 1.54) is 0 Å². The third-order valence-corrected chi connectivity index (χ3v) is 6.74. The molecule has 0 heterocycles. The zero-order valence-electron chi connectivity index (χ0n) is 7.71. The fourth-order valence-corrected chi connectivity index (χ4v) is 2.65. The lowest BCUT2D eigenvalue weighted by molar-refractivity contribution is -0.120. The zero-order valence-corrected chi connectivity index (χ0v) is 10.1. The molecule has 1 fully saturated rings. The van der Waals surface area contributed by atoms with Crippen LogP contribution in [0.15, 0.2) is 0 Å². The lowest BCUT2D eigenvalue weighted by atomic mass is 10.1. The molecule has 0 aromatic rings. The first-order valence-electron chi connectivity index (χ1n) is 4.25. The Morgan fingerprint density at radius 2 is 2.00 bits per heavy atom. The minimum atomic E-state index is -3.35. The van der Waals surface area contributed by atoms with Crippen molar-refractivity contribution in [3.63, 3.8) is 0 Å². The van der Waals surface area contributed by atoms with Gasteiger partial charge in [-0.05, 0) is 19.3 Å². The van der Waals surface area contributed by atoms with E-state index < -0.39 is 13.5 Å². The molecule has 3 nitrogen and oxygen atoms in total. The molecule has 1 atom stereocenters. The van der Waals surface area contributed by atoms with Crippen LogP contribution in [0.4, 0.5) is 0 Å². The van der Waals surface area contributed by atoms with Crippen molar-refractivity contribution in [2.24, 2.45) is 5.92 Å². The van der Waals surface area contributed by atoms with Crippen molar-refractivity contribution in [1.29, 1.82) is 0 Å². The number of sulfone groups is 1. The van der Waals surface area contributed by atoms with Gasteiger partial charge in [0.2, 0.25) is 0 Å². The van der Waals surface area contributed by atoms with Gasteiger partial charge in [-0.15, -0.1) is 0 Å². The van der Waals surface area contributed by atoms with Crippen LogP contribution in [0.2, 0.25) is 0 Å². The van der Waals surface area contributed by atoms with Gasteiger partial charge in [0, 0.05) is 12.2 Å². The van der Waals surface area contributed by atoms with Crippen molar-refractivity contribution < 1.29 is 13.2 Å². The number of carbonyl (C=O) groups is 1. The largest absolute Gasteiger partial charge is 0.297 e. The Morgan fingerprint density at radius 1 is 1.54 bits per heavy atom. The van der Waals surface area contributed by atoms with Crippen LogP contribution in [0.25, 0.3) is 0 Å². The molecular formula is C8H13BrO3S. The summed E-state index contributed by atoms with van der Waals surface area (Å²) in [6.07, 6.45) is 3.07. The van der Waals surface area contributed by atoms with Gasteiger partial charge < -0.3 is 0 Å². The van der Waals surface area contributed by atoms with Gasteiger partial charge in [0.1, 0.15) is 0 Å². The van der Waals surface area contributed by atoms with E-state index in [2.05, 4.69) is 15.9 Å². The summed E-state index contributed by atoms with van der Waals surface area (Å²) in [5.41, 5.74) is 0. The molecule has 0 unspecified atom stereocenters. The van der Waals surface area contributed by atoms with Gasteiger partial charge >= 0.3 is 0 Å². The van der Waals surface area contributed by atoms with E-state index in [9.17, 15) is 13.2 Å². The van der Waals surface area contributed by atoms with E-state index in [0.717, 1.165) is 19.1 Å². The van der Waals surface area contributed by atoms with Gasteiger partial charge in [0.15, 0.2) is 19.3 Å². The molecule has 0 N–H and O–H groups in total. The highest BCUT2D eigenvalue weighted by atomic mass is 79.9. The highest BCUT2D eigenvalue weighted by Crippen LogP contribution is 2.41. The summed E-state index contributed by atoms with van der Waals surface area (Å²) in [5.74, 6) is -0.202. The third kappa shape index (κ3) is 1.96. The van der Waals surface area contributed by atoms with Crippen molar-refractivity contribution in [2.75, 3.05) is 6.26 Å². The monoisotopic (exact) mass is 268 g/mol. The molecule has 0 aromatic carbocycles. The summed E-state index contributed by atoms with van der Waals surface area (Å²) in [6.45, 7) is 1.70. The van der Waals surface area contributed by atoms with Crippen LogP contribution < -0.4 is 0 Å². The van der Waals surface area contributed by atoms with Crippen LogP contribution in [0.5, 0.6) is 0 Å². The average molecular weight is 269 g/mol. The van der Waals surface area contributed by atoms with Crippen molar-refractivity contribution in [3.8, 4) is 0 Å². The van der Waals surface area contributed by atoms with E-state index in [-0.39, 0.29) is 11.7 Å². The van der Waals surface area contributed by atoms with Gasteiger partial charge in [-0.2, -0.15) is 0 Å². The van der Waals surface area contributed by atoms with Gasteiger partial charge in [-0.25, -0.2) is 8.42 Å². The first-order valence-corrected chi connectivity index (χ1v) is 6.94. The number of halogens is 1. The average Bonchev–Trinajstić information content (AvgIpc) is 2.81. The first kappa shape index (κ1) is 11.2. The Hall–Kier alpha value is 0.1000. The van der Waals surface area contributed by atoms with Gasteiger partial charge in [0.05, 0.1) is 0 Å². The van der Waals surface area contributed by atoms with E-state index >= 15 is 0 Å². The Bertz CT molecular complexity index is 318. The Morgan fingerprint density at radius 3 is 2.23 bits per heavy atom. The van der Waals surface area contributed by atoms with Gasteiger partial charge in [-0.3, -0.25) is 4.79 Å². The van der Waals surface area contributed by atoms with Crippen LogP contribution in [0, 0.1) is 5.92 Å². The maximum Gasteiger partial charge on any atom is 0.184 e. The summed E-state index contributed by atoms with van der Waals surface area (Å²) < 4.78 is 21.4. The smallest absolute Gasteiger partial charge is 0.184 e. The molecule has 0 aliphatic heterocycles. The molecule has 5 heteroatoms.